The Kier molecular flexibility index (Phi) is 6.49. The largest absolute Gasteiger partial charge is 0.527 e. The van der Waals surface area contributed by atoms with Crippen LogP contribution in [0.3, 0.4) is 0 Å². The smallest absolute Gasteiger partial charge is 0.304 e. The van der Waals surface area contributed by atoms with E-state index in [0.717, 1.165) is 9.47 Å². The number of rotatable bonds is 4. The summed E-state index contributed by atoms with van der Waals surface area (Å²) in [5.74, 6) is -51.5. The normalized spacial score (nSPS) is 25.9. The van der Waals surface area contributed by atoms with Crippen molar-refractivity contribution < 1.29 is 106 Å². The maximum absolute atomic E-state index is 14.3. The maximum atomic E-state index is 14.3. The molecule has 1 aliphatic rings. The lowest BCUT2D eigenvalue weighted by atomic mass is 9.78. The van der Waals surface area contributed by atoms with E-state index in [1.807, 2.05) is 0 Å². The average Bonchev–Trinajstić information content (AvgIpc) is 2.52. The van der Waals surface area contributed by atoms with E-state index in [4.69, 9.17) is 0 Å². The fourth-order valence-electron chi connectivity index (χ4n) is 2.41. The highest BCUT2D eigenvalue weighted by molar-refractivity contribution is 5.25. The van der Waals surface area contributed by atoms with E-state index >= 15 is 0 Å². The summed E-state index contributed by atoms with van der Waals surface area (Å²) in [4.78, 5) is 0. The summed E-state index contributed by atoms with van der Waals surface area (Å²) in [6.45, 7) is 0. The van der Waals surface area contributed by atoms with E-state index in [2.05, 4.69) is 0 Å². The number of alkyl halides is 22. The summed E-state index contributed by atoms with van der Waals surface area (Å²) >= 11 is 0. The SMILES string of the molecule is FC(F)(F)OC(F)(F)C(OC1(F)C(F)(F)C(F)(F)C(F)(F)C(F)(F)C1(F)F)(C(F)(F)F)C(F)(F)F. The highest BCUT2D eigenvalue weighted by atomic mass is 19.4. The first-order chi connectivity index (χ1) is 14.7. The minimum absolute atomic E-state index is 1.03. The second-order valence-corrected chi connectivity index (χ2v) is 6.31. The van der Waals surface area contributed by atoms with E-state index in [-0.39, 0.29) is 0 Å². The maximum Gasteiger partial charge on any atom is 0.527 e. The van der Waals surface area contributed by atoms with Crippen LogP contribution in [-0.2, 0) is 9.47 Å². The summed E-state index contributed by atoms with van der Waals surface area (Å²) in [5.41, 5.74) is -8.90. The minimum atomic E-state index is -8.90. The van der Waals surface area contributed by atoms with Crippen LogP contribution in [0.25, 0.3) is 0 Å². The van der Waals surface area contributed by atoms with Gasteiger partial charge in [-0.15, -0.1) is 13.2 Å². The lowest BCUT2D eigenvalue weighted by Gasteiger charge is -2.54. The van der Waals surface area contributed by atoms with Crippen molar-refractivity contribution in [1.82, 2.24) is 0 Å². The fourth-order valence-corrected chi connectivity index (χ4v) is 2.41. The van der Waals surface area contributed by atoms with Crippen LogP contribution in [0.5, 0.6) is 0 Å². The van der Waals surface area contributed by atoms with Gasteiger partial charge >= 0.3 is 65.9 Å². The van der Waals surface area contributed by atoms with Crippen LogP contribution in [0.2, 0.25) is 0 Å². The van der Waals surface area contributed by atoms with Gasteiger partial charge in [-0.3, -0.25) is 0 Å². The third-order valence-electron chi connectivity index (χ3n) is 4.13. The molecule has 0 amide bonds. The molecular formula is C11F22O2. The Morgan fingerprint density at radius 1 is 0.400 bits per heavy atom. The number of hydrogen-bond donors (Lipinski definition) is 0. The van der Waals surface area contributed by atoms with Crippen molar-refractivity contribution in [2.24, 2.45) is 0 Å². The Morgan fingerprint density at radius 3 is 0.886 bits per heavy atom. The molecule has 0 N–H and O–H groups in total. The van der Waals surface area contributed by atoms with Gasteiger partial charge in [0.15, 0.2) is 0 Å². The molecule has 0 unspecified atom stereocenters. The van der Waals surface area contributed by atoms with Gasteiger partial charge in [0.05, 0.1) is 0 Å². The fraction of sp³-hybridized carbons (Fsp3) is 1.00. The van der Waals surface area contributed by atoms with E-state index < -0.39 is 65.9 Å². The van der Waals surface area contributed by atoms with Gasteiger partial charge in [0, 0.05) is 0 Å². The third-order valence-corrected chi connectivity index (χ3v) is 4.13. The molecule has 1 aliphatic carbocycles. The summed E-state index contributed by atoms with van der Waals surface area (Å²) in [5, 5.41) is 0. The summed E-state index contributed by atoms with van der Waals surface area (Å²) < 4.78 is 290. The second-order valence-electron chi connectivity index (χ2n) is 6.31. The molecule has 210 valence electrons. The summed E-state index contributed by atoms with van der Waals surface area (Å²) in [6, 6.07) is 0. The van der Waals surface area contributed by atoms with Crippen molar-refractivity contribution in [2.45, 2.75) is 65.9 Å². The molecule has 0 heterocycles. The lowest BCUT2D eigenvalue weighted by molar-refractivity contribution is -0.587. The molecule has 1 rings (SSSR count). The van der Waals surface area contributed by atoms with E-state index in [0.29, 0.717) is 0 Å². The first-order valence-corrected chi connectivity index (χ1v) is 7.22. The van der Waals surface area contributed by atoms with E-state index in [1.54, 1.807) is 0 Å². The van der Waals surface area contributed by atoms with Gasteiger partial charge in [0.2, 0.25) is 0 Å². The molecule has 24 heteroatoms. The van der Waals surface area contributed by atoms with Crippen molar-refractivity contribution in [3.63, 3.8) is 0 Å². The van der Waals surface area contributed by atoms with Crippen LogP contribution < -0.4 is 0 Å². The van der Waals surface area contributed by atoms with Crippen LogP contribution in [-0.4, -0.2) is 65.9 Å². The van der Waals surface area contributed by atoms with Crippen LogP contribution >= 0.6 is 0 Å². The average molecular weight is 582 g/mol. The molecule has 0 atom stereocenters. The van der Waals surface area contributed by atoms with Crippen molar-refractivity contribution in [2.75, 3.05) is 0 Å². The Morgan fingerprint density at radius 2 is 0.657 bits per heavy atom. The van der Waals surface area contributed by atoms with Crippen molar-refractivity contribution in [3.05, 3.63) is 0 Å². The Labute approximate surface area is 173 Å². The Balaban J connectivity index is 4.26. The molecule has 1 fully saturated rings. The van der Waals surface area contributed by atoms with Crippen LogP contribution in [0, 0.1) is 0 Å². The van der Waals surface area contributed by atoms with Gasteiger partial charge in [0.1, 0.15) is 0 Å². The topological polar surface area (TPSA) is 18.5 Å². The van der Waals surface area contributed by atoms with Crippen molar-refractivity contribution >= 4 is 0 Å². The molecule has 0 spiro atoms. The van der Waals surface area contributed by atoms with Crippen LogP contribution in [0.4, 0.5) is 96.6 Å². The predicted molar refractivity (Wildman–Crippen MR) is 56.6 cm³/mol. The lowest BCUT2D eigenvalue weighted by Crippen LogP contribution is -2.87. The predicted octanol–water partition coefficient (Wildman–Crippen LogP) is 6.85. The van der Waals surface area contributed by atoms with Gasteiger partial charge in [0.25, 0.3) is 0 Å². The highest BCUT2D eigenvalue weighted by Gasteiger charge is 3.04. The Hall–Kier alpha value is -1.62. The zero-order chi connectivity index (χ0) is 28.9. The molecule has 0 bridgehead atoms. The molecule has 0 aromatic rings. The monoisotopic (exact) mass is 582 g/mol. The first kappa shape index (κ1) is 31.4. The molecule has 0 aromatic heterocycles. The molecule has 1 saturated carbocycles. The van der Waals surface area contributed by atoms with Gasteiger partial charge in [-0.25, -0.2) is 4.74 Å². The molecular weight excluding hydrogens is 582 g/mol. The van der Waals surface area contributed by atoms with Gasteiger partial charge in [-0.05, 0) is 0 Å². The zero-order valence-corrected chi connectivity index (χ0v) is 14.6. The molecule has 0 radical (unpaired) electrons. The van der Waals surface area contributed by atoms with Gasteiger partial charge < -0.3 is 4.74 Å². The third kappa shape index (κ3) is 3.58. The van der Waals surface area contributed by atoms with Gasteiger partial charge in [-0.1, -0.05) is 0 Å². The van der Waals surface area contributed by atoms with Crippen LogP contribution in [0.1, 0.15) is 0 Å². The molecule has 0 aromatic carbocycles. The van der Waals surface area contributed by atoms with Gasteiger partial charge in [-0.2, -0.15) is 83.4 Å². The first-order valence-electron chi connectivity index (χ1n) is 7.22. The Bertz CT molecular complexity index is 769. The standard InChI is InChI=1S/C11F22O2/c12-2(13)3(14,15)5(18,19)7(22,6(20,21)4(2,16)17)34-1(8(23,24)25,9(26,27)28)10(29,30)35-11(31,32)33. The van der Waals surface area contributed by atoms with E-state index in [9.17, 15) is 96.6 Å². The zero-order valence-electron chi connectivity index (χ0n) is 14.6. The second kappa shape index (κ2) is 7.24. The van der Waals surface area contributed by atoms with E-state index in [1.165, 1.54) is 0 Å². The number of hydrogen-bond acceptors (Lipinski definition) is 2. The number of halogens is 22. The highest BCUT2D eigenvalue weighted by Crippen LogP contribution is 2.72. The summed E-state index contributed by atoms with van der Waals surface area (Å²) in [6.07, 6.45) is -33.3. The molecule has 35 heavy (non-hydrogen) atoms. The van der Waals surface area contributed by atoms with Crippen molar-refractivity contribution in [1.29, 1.82) is 0 Å². The van der Waals surface area contributed by atoms with Crippen LogP contribution in [0.15, 0.2) is 0 Å². The molecule has 2 nitrogen and oxygen atoms in total. The summed E-state index contributed by atoms with van der Waals surface area (Å²) in [7, 11) is 0. The minimum Gasteiger partial charge on any atom is -0.304 e. The molecule has 0 saturated heterocycles. The quantitative estimate of drug-likeness (QED) is 0.338. The molecule has 0 aliphatic heterocycles. The number of ether oxygens (including phenoxy) is 2. The van der Waals surface area contributed by atoms with Crippen molar-refractivity contribution in [3.8, 4) is 0 Å².